The maximum absolute atomic E-state index is 5.76. The molecule has 3 aromatic rings. The summed E-state index contributed by atoms with van der Waals surface area (Å²) < 4.78 is 7.83. The van der Waals surface area contributed by atoms with Crippen molar-refractivity contribution in [2.45, 2.75) is 13.1 Å². The summed E-state index contributed by atoms with van der Waals surface area (Å²) in [7, 11) is 2.03. The average molecular weight is 437 g/mol. The van der Waals surface area contributed by atoms with Crippen LogP contribution in [0.4, 0.5) is 0 Å². The summed E-state index contributed by atoms with van der Waals surface area (Å²) in [5.74, 6) is 1.15. The highest BCUT2D eigenvalue weighted by Crippen LogP contribution is 2.22. The van der Waals surface area contributed by atoms with Crippen LogP contribution in [0.25, 0.3) is 11.5 Å². The molecule has 118 valence electrons. The molecule has 0 aliphatic carbocycles. The number of hydrogen-bond donors (Lipinski definition) is 0. The predicted molar refractivity (Wildman–Crippen MR) is 96.7 cm³/mol. The van der Waals surface area contributed by atoms with Gasteiger partial charge in [-0.15, -0.1) is 10.2 Å². The summed E-state index contributed by atoms with van der Waals surface area (Å²) in [5.41, 5.74) is 2.15. The van der Waals surface area contributed by atoms with E-state index in [1.165, 1.54) is 5.56 Å². The van der Waals surface area contributed by atoms with Crippen molar-refractivity contribution < 1.29 is 4.42 Å². The summed E-state index contributed by atoms with van der Waals surface area (Å²) in [6.07, 6.45) is 0. The zero-order valence-electron chi connectivity index (χ0n) is 12.5. The SMILES string of the molecule is CN(Cc1ccc(Br)cc1)Cc1nnc(-c2cccc(Br)c2)o1. The fraction of sp³-hybridized carbons (Fsp3) is 0.176. The Bertz CT molecular complexity index is 787. The van der Waals surface area contributed by atoms with Crippen LogP contribution in [0.2, 0.25) is 0 Å². The quantitative estimate of drug-likeness (QED) is 0.570. The van der Waals surface area contributed by atoms with E-state index in [1.807, 2.05) is 43.4 Å². The fourth-order valence-corrected chi connectivity index (χ4v) is 2.91. The van der Waals surface area contributed by atoms with E-state index in [-0.39, 0.29) is 0 Å². The van der Waals surface area contributed by atoms with E-state index in [0.717, 1.165) is 21.1 Å². The van der Waals surface area contributed by atoms with Gasteiger partial charge >= 0.3 is 0 Å². The molecule has 0 fully saturated rings. The van der Waals surface area contributed by atoms with Crippen molar-refractivity contribution >= 4 is 31.9 Å². The van der Waals surface area contributed by atoms with Crippen LogP contribution in [0, 0.1) is 0 Å². The molecule has 0 atom stereocenters. The lowest BCUT2D eigenvalue weighted by molar-refractivity contribution is 0.283. The van der Waals surface area contributed by atoms with E-state index >= 15 is 0 Å². The maximum atomic E-state index is 5.76. The van der Waals surface area contributed by atoms with Crippen molar-refractivity contribution in [3.05, 3.63) is 68.9 Å². The molecule has 4 nitrogen and oxygen atoms in total. The number of aromatic nitrogens is 2. The predicted octanol–water partition coefficient (Wildman–Crippen LogP) is 4.89. The molecule has 0 radical (unpaired) electrons. The third kappa shape index (κ3) is 4.50. The van der Waals surface area contributed by atoms with Gasteiger partial charge in [-0.3, -0.25) is 4.90 Å². The van der Waals surface area contributed by atoms with Gasteiger partial charge in [-0.1, -0.05) is 50.1 Å². The molecule has 0 saturated heterocycles. The molecule has 0 bridgehead atoms. The lowest BCUT2D eigenvalue weighted by Gasteiger charge is -2.14. The van der Waals surface area contributed by atoms with Crippen LogP contribution in [-0.4, -0.2) is 22.1 Å². The van der Waals surface area contributed by atoms with Crippen LogP contribution in [-0.2, 0) is 13.1 Å². The van der Waals surface area contributed by atoms with Crippen molar-refractivity contribution in [1.82, 2.24) is 15.1 Å². The van der Waals surface area contributed by atoms with Crippen molar-refractivity contribution in [3.63, 3.8) is 0 Å². The Hall–Kier alpha value is -1.50. The molecule has 6 heteroatoms. The van der Waals surface area contributed by atoms with Crippen molar-refractivity contribution in [3.8, 4) is 11.5 Å². The number of halogens is 2. The molecular weight excluding hydrogens is 422 g/mol. The summed E-state index contributed by atoms with van der Waals surface area (Å²) >= 11 is 6.89. The molecule has 0 unspecified atom stereocenters. The molecule has 23 heavy (non-hydrogen) atoms. The highest BCUT2D eigenvalue weighted by Gasteiger charge is 2.11. The standard InChI is InChI=1S/C17H15Br2N3O/c1-22(10-12-5-7-14(18)8-6-12)11-16-20-21-17(23-16)13-3-2-4-15(19)9-13/h2-9H,10-11H2,1H3. The summed E-state index contributed by atoms with van der Waals surface area (Å²) in [4.78, 5) is 2.14. The van der Waals surface area contributed by atoms with Crippen LogP contribution in [0.15, 0.2) is 61.9 Å². The lowest BCUT2D eigenvalue weighted by Crippen LogP contribution is -2.17. The van der Waals surface area contributed by atoms with Gasteiger partial charge in [0.15, 0.2) is 0 Å². The number of hydrogen-bond acceptors (Lipinski definition) is 4. The minimum absolute atomic E-state index is 0.540. The maximum Gasteiger partial charge on any atom is 0.247 e. The van der Waals surface area contributed by atoms with Crippen molar-refractivity contribution in [2.75, 3.05) is 7.05 Å². The smallest absolute Gasteiger partial charge is 0.247 e. The van der Waals surface area contributed by atoms with Crippen LogP contribution in [0.3, 0.4) is 0 Å². The first-order valence-electron chi connectivity index (χ1n) is 7.11. The number of nitrogens with zero attached hydrogens (tertiary/aromatic N) is 3. The Labute approximate surface area is 151 Å². The normalized spacial score (nSPS) is 11.1. The zero-order valence-corrected chi connectivity index (χ0v) is 15.7. The van der Waals surface area contributed by atoms with Gasteiger partial charge in [0.25, 0.3) is 0 Å². The first-order valence-corrected chi connectivity index (χ1v) is 8.70. The Balaban J connectivity index is 1.65. The number of rotatable bonds is 5. The van der Waals surface area contributed by atoms with Gasteiger partial charge in [0, 0.05) is 21.1 Å². The van der Waals surface area contributed by atoms with E-state index in [1.54, 1.807) is 0 Å². The molecule has 0 N–H and O–H groups in total. The first-order chi connectivity index (χ1) is 11.1. The van der Waals surface area contributed by atoms with Crippen molar-refractivity contribution in [1.29, 1.82) is 0 Å². The summed E-state index contributed by atoms with van der Waals surface area (Å²) in [5, 5.41) is 8.27. The van der Waals surface area contributed by atoms with Gasteiger partial charge in [0.05, 0.1) is 6.54 Å². The van der Waals surface area contributed by atoms with E-state index in [4.69, 9.17) is 4.42 Å². The van der Waals surface area contributed by atoms with E-state index < -0.39 is 0 Å². The highest BCUT2D eigenvalue weighted by molar-refractivity contribution is 9.10. The number of benzene rings is 2. The van der Waals surface area contributed by atoms with Crippen LogP contribution in [0.1, 0.15) is 11.5 Å². The van der Waals surface area contributed by atoms with Crippen LogP contribution >= 0.6 is 31.9 Å². The third-order valence-electron chi connectivity index (χ3n) is 3.31. The Morgan fingerprint density at radius 3 is 2.48 bits per heavy atom. The second-order valence-corrected chi connectivity index (χ2v) is 7.14. The third-order valence-corrected chi connectivity index (χ3v) is 4.33. The van der Waals surface area contributed by atoms with Gasteiger partial charge in [-0.05, 0) is 42.9 Å². The van der Waals surface area contributed by atoms with Crippen molar-refractivity contribution in [2.24, 2.45) is 0 Å². The molecule has 1 heterocycles. The molecule has 0 aliphatic heterocycles. The summed E-state index contributed by atoms with van der Waals surface area (Å²) in [6.45, 7) is 1.43. The second-order valence-electron chi connectivity index (χ2n) is 5.31. The van der Waals surface area contributed by atoms with Gasteiger partial charge in [-0.2, -0.15) is 0 Å². The average Bonchev–Trinajstić information content (AvgIpc) is 2.98. The molecule has 2 aromatic carbocycles. The van der Waals surface area contributed by atoms with Crippen LogP contribution < -0.4 is 0 Å². The van der Waals surface area contributed by atoms with E-state index in [0.29, 0.717) is 18.3 Å². The second kappa shape index (κ2) is 7.38. The molecule has 0 amide bonds. The molecule has 0 aliphatic rings. The van der Waals surface area contributed by atoms with Gasteiger partial charge in [-0.25, -0.2) is 0 Å². The largest absolute Gasteiger partial charge is 0.419 e. The fourth-order valence-electron chi connectivity index (χ4n) is 2.24. The molecule has 0 saturated carbocycles. The minimum Gasteiger partial charge on any atom is -0.419 e. The Morgan fingerprint density at radius 1 is 0.957 bits per heavy atom. The summed E-state index contributed by atoms with van der Waals surface area (Å²) in [6, 6.07) is 16.1. The molecule has 0 spiro atoms. The van der Waals surface area contributed by atoms with E-state index in [9.17, 15) is 0 Å². The Kier molecular flexibility index (Phi) is 5.25. The monoisotopic (exact) mass is 435 g/mol. The topological polar surface area (TPSA) is 42.2 Å². The van der Waals surface area contributed by atoms with Gasteiger partial charge in [0.1, 0.15) is 0 Å². The minimum atomic E-state index is 0.540. The van der Waals surface area contributed by atoms with E-state index in [2.05, 4.69) is 59.1 Å². The highest BCUT2D eigenvalue weighted by atomic mass is 79.9. The van der Waals surface area contributed by atoms with Crippen LogP contribution in [0.5, 0.6) is 0 Å². The van der Waals surface area contributed by atoms with Gasteiger partial charge in [0.2, 0.25) is 11.8 Å². The van der Waals surface area contributed by atoms with Gasteiger partial charge < -0.3 is 4.42 Å². The molecular formula is C17H15Br2N3O. The Morgan fingerprint density at radius 2 is 1.74 bits per heavy atom. The molecule has 3 rings (SSSR count). The lowest BCUT2D eigenvalue weighted by atomic mass is 10.2. The molecule has 1 aromatic heterocycles. The first kappa shape index (κ1) is 16.4. The zero-order chi connectivity index (χ0) is 16.2.